The molecular formula is C11H17BrN2O2S. The molecule has 0 unspecified atom stereocenters. The summed E-state index contributed by atoms with van der Waals surface area (Å²) in [6.07, 6.45) is 0. The van der Waals surface area contributed by atoms with Crippen LogP contribution >= 0.6 is 15.9 Å². The van der Waals surface area contributed by atoms with Crippen LogP contribution in [0.15, 0.2) is 22.7 Å². The maximum atomic E-state index is 12.0. The summed E-state index contributed by atoms with van der Waals surface area (Å²) in [7, 11) is -3.46. The number of nitrogens with one attached hydrogen (secondary N) is 1. The van der Waals surface area contributed by atoms with Crippen LogP contribution in [-0.2, 0) is 10.2 Å². The Bertz CT molecular complexity index is 484. The quantitative estimate of drug-likeness (QED) is 0.906. The van der Waals surface area contributed by atoms with Crippen molar-refractivity contribution in [2.24, 2.45) is 0 Å². The normalized spacial score (nSPS) is 11.8. The Kier molecular flexibility index (Phi) is 4.97. The van der Waals surface area contributed by atoms with E-state index in [-0.39, 0.29) is 0 Å². The maximum absolute atomic E-state index is 12.0. The zero-order chi connectivity index (χ0) is 13.1. The number of anilines is 1. The van der Waals surface area contributed by atoms with Gasteiger partial charge in [0.25, 0.3) is 0 Å². The van der Waals surface area contributed by atoms with E-state index in [1.54, 1.807) is 6.07 Å². The third kappa shape index (κ3) is 3.69. The van der Waals surface area contributed by atoms with Crippen molar-refractivity contribution in [2.75, 3.05) is 17.8 Å². The summed E-state index contributed by atoms with van der Waals surface area (Å²) in [6, 6.07) is 5.49. The third-order valence-electron chi connectivity index (χ3n) is 2.41. The van der Waals surface area contributed by atoms with E-state index in [0.29, 0.717) is 18.8 Å². The van der Waals surface area contributed by atoms with E-state index in [0.717, 1.165) is 10.0 Å². The van der Waals surface area contributed by atoms with Gasteiger partial charge in [0.05, 0.1) is 5.69 Å². The van der Waals surface area contributed by atoms with Crippen molar-refractivity contribution in [1.82, 2.24) is 4.31 Å². The van der Waals surface area contributed by atoms with Gasteiger partial charge in [-0.3, -0.25) is 4.72 Å². The Morgan fingerprint density at radius 2 is 1.88 bits per heavy atom. The molecule has 0 bridgehead atoms. The lowest BCUT2D eigenvalue weighted by molar-refractivity contribution is 0.449. The van der Waals surface area contributed by atoms with Crippen molar-refractivity contribution in [3.8, 4) is 0 Å². The minimum absolute atomic E-state index is 0.454. The van der Waals surface area contributed by atoms with E-state index >= 15 is 0 Å². The van der Waals surface area contributed by atoms with Gasteiger partial charge in [-0.1, -0.05) is 19.9 Å². The molecule has 0 saturated carbocycles. The predicted molar refractivity (Wildman–Crippen MR) is 74.3 cm³/mol. The van der Waals surface area contributed by atoms with Crippen LogP contribution in [0.2, 0.25) is 0 Å². The van der Waals surface area contributed by atoms with E-state index in [2.05, 4.69) is 20.7 Å². The van der Waals surface area contributed by atoms with Crippen LogP contribution in [0.3, 0.4) is 0 Å². The first-order valence-electron chi connectivity index (χ1n) is 5.44. The summed E-state index contributed by atoms with van der Waals surface area (Å²) in [5.41, 5.74) is 1.63. The van der Waals surface area contributed by atoms with E-state index < -0.39 is 10.2 Å². The Balaban J connectivity index is 2.98. The molecule has 1 N–H and O–H groups in total. The van der Waals surface area contributed by atoms with Crippen LogP contribution < -0.4 is 4.72 Å². The zero-order valence-electron chi connectivity index (χ0n) is 10.2. The molecule has 0 saturated heterocycles. The highest BCUT2D eigenvalue weighted by Gasteiger charge is 2.19. The molecule has 1 aromatic carbocycles. The van der Waals surface area contributed by atoms with Gasteiger partial charge in [0, 0.05) is 17.6 Å². The van der Waals surface area contributed by atoms with Crippen molar-refractivity contribution in [3.63, 3.8) is 0 Å². The van der Waals surface area contributed by atoms with Crippen molar-refractivity contribution in [1.29, 1.82) is 0 Å². The van der Waals surface area contributed by atoms with Crippen LogP contribution in [0.4, 0.5) is 5.69 Å². The number of halogens is 1. The van der Waals surface area contributed by atoms with Gasteiger partial charge in [0.2, 0.25) is 0 Å². The largest absolute Gasteiger partial charge is 0.301 e. The van der Waals surface area contributed by atoms with Gasteiger partial charge >= 0.3 is 10.2 Å². The van der Waals surface area contributed by atoms with E-state index in [1.807, 2.05) is 32.9 Å². The number of hydrogen-bond donors (Lipinski definition) is 1. The highest BCUT2D eigenvalue weighted by atomic mass is 79.9. The van der Waals surface area contributed by atoms with Crippen molar-refractivity contribution in [3.05, 3.63) is 28.2 Å². The molecule has 17 heavy (non-hydrogen) atoms. The van der Waals surface area contributed by atoms with Crippen LogP contribution in [0.25, 0.3) is 0 Å². The van der Waals surface area contributed by atoms with Gasteiger partial charge < -0.3 is 0 Å². The number of hydrogen-bond acceptors (Lipinski definition) is 2. The molecule has 0 aliphatic carbocycles. The zero-order valence-corrected chi connectivity index (χ0v) is 12.6. The number of rotatable bonds is 5. The first-order chi connectivity index (χ1) is 7.90. The second kappa shape index (κ2) is 5.84. The summed E-state index contributed by atoms with van der Waals surface area (Å²) in [5, 5.41) is 0. The van der Waals surface area contributed by atoms with E-state index in [1.165, 1.54) is 4.31 Å². The molecule has 0 atom stereocenters. The standard InChI is InChI=1S/C11H17BrN2O2S/c1-4-14(5-2)17(15,16)13-11-7-6-9(3)8-10(11)12/h6-8,13H,4-5H2,1-3H3. The average Bonchev–Trinajstić information content (AvgIpc) is 2.23. The molecule has 0 aliphatic rings. The fourth-order valence-corrected chi connectivity index (χ4v) is 3.46. The molecule has 4 nitrogen and oxygen atoms in total. The monoisotopic (exact) mass is 320 g/mol. The molecule has 0 aromatic heterocycles. The Hall–Kier alpha value is -0.590. The smallest absolute Gasteiger partial charge is 0.270 e. The predicted octanol–water partition coefficient (Wildman–Crippen LogP) is 2.76. The number of nitrogens with zero attached hydrogens (tertiary/aromatic N) is 1. The molecule has 96 valence electrons. The molecule has 0 heterocycles. The molecule has 0 radical (unpaired) electrons. The molecule has 0 spiro atoms. The molecular weight excluding hydrogens is 304 g/mol. The van der Waals surface area contributed by atoms with Gasteiger partial charge in [-0.25, -0.2) is 0 Å². The highest BCUT2D eigenvalue weighted by molar-refractivity contribution is 9.10. The van der Waals surface area contributed by atoms with Crippen molar-refractivity contribution in [2.45, 2.75) is 20.8 Å². The summed E-state index contributed by atoms with van der Waals surface area (Å²) in [5.74, 6) is 0. The fourth-order valence-electron chi connectivity index (χ4n) is 1.47. The Labute approximate surface area is 111 Å². The molecule has 0 amide bonds. The second-order valence-electron chi connectivity index (χ2n) is 3.67. The SMILES string of the molecule is CCN(CC)S(=O)(=O)Nc1ccc(C)cc1Br. The van der Waals surface area contributed by atoms with Gasteiger partial charge in [0.1, 0.15) is 0 Å². The highest BCUT2D eigenvalue weighted by Crippen LogP contribution is 2.24. The lowest BCUT2D eigenvalue weighted by atomic mass is 10.2. The minimum Gasteiger partial charge on any atom is -0.270 e. The van der Waals surface area contributed by atoms with Crippen molar-refractivity contribution < 1.29 is 8.42 Å². The van der Waals surface area contributed by atoms with Crippen LogP contribution in [0.1, 0.15) is 19.4 Å². The summed E-state index contributed by atoms with van der Waals surface area (Å²) >= 11 is 3.35. The Morgan fingerprint density at radius 1 is 1.29 bits per heavy atom. The molecule has 0 aliphatic heterocycles. The summed E-state index contributed by atoms with van der Waals surface area (Å²) < 4.78 is 28.7. The number of benzene rings is 1. The molecule has 6 heteroatoms. The van der Waals surface area contributed by atoms with Gasteiger partial charge in [0.15, 0.2) is 0 Å². The van der Waals surface area contributed by atoms with Crippen LogP contribution in [0, 0.1) is 6.92 Å². The summed E-state index contributed by atoms with van der Waals surface area (Å²) in [4.78, 5) is 0. The maximum Gasteiger partial charge on any atom is 0.301 e. The third-order valence-corrected chi connectivity index (χ3v) is 4.74. The first kappa shape index (κ1) is 14.5. The van der Waals surface area contributed by atoms with Gasteiger partial charge in [-0.05, 0) is 40.5 Å². The van der Waals surface area contributed by atoms with E-state index in [4.69, 9.17) is 0 Å². The Morgan fingerprint density at radius 3 is 2.35 bits per heavy atom. The molecule has 0 fully saturated rings. The topological polar surface area (TPSA) is 49.4 Å². The van der Waals surface area contributed by atoms with Crippen LogP contribution in [0.5, 0.6) is 0 Å². The lowest BCUT2D eigenvalue weighted by Crippen LogP contribution is -2.35. The average molecular weight is 321 g/mol. The van der Waals surface area contributed by atoms with Gasteiger partial charge in [-0.15, -0.1) is 0 Å². The molecule has 1 aromatic rings. The lowest BCUT2D eigenvalue weighted by Gasteiger charge is -2.20. The fraction of sp³-hybridized carbons (Fsp3) is 0.455. The minimum atomic E-state index is -3.46. The van der Waals surface area contributed by atoms with Crippen LogP contribution in [-0.4, -0.2) is 25.8 Å². The number of aryl methyl sites for hydroxylation is 1. The van der Waals surface area contributed by atoms with Gasteiger partial charge in [-0.2, -0.15) is 12.7 Å². The molecule has 1 rings (SSSR count). The first-order valence-corrected chi connectivity index (χ1v) is 7.68. The summed E-state index contributed by atoms with van der Waals surface area (Å²) in [6.45, 7) is 6.48. The second-order valence-corrected chi connectivity index (χ2v) is 6.20. The van der Waals surface area contributed by atoms with Crippen molar-refractivity contribution >= 4 is 31.8 Å². The van der Waals surface area contributed by atoms with E-state index in [9.17, 15) is 8.42 Å².